The predicted molar refractivity (Wildman–Crippen MR) is 129 cm³/mol. The van der Waals surface area contributed by atoms with Gasteiger partial charge in [-0.3, -0.25) is 0 Å². The highest BCUT2D eigenvalue weighted by Gasteiger charge is 2.29. The number of hydrogen-bond donors (Lipinski definition) is 2. The molecule has 1 aromatic carbocycles. The molecule has 0 saturated carbocycles. The molecule has 3 aromatic rings. The zero-order valence-corrected chi connectivity index (χ0v) is 20.3. The van der Waals surface area contributed by atoms with Crippen LogP contribution in [0.1, 0.15) is 33.6 Å². The molecule has 2 N–H and O–H groups in total. The van der Waals surface area contributed by atoms with E-state index in [4.69, 9.17) is 16.3 Å². The van der Waals surface area contributed by atoms with Crippen molar-refractivity contribution in [1.29, 1.82) is 0 Å². The maximum absolute atomic E-state index is 14.2. The molecule has 0 spiro atoms. The van der Waals surface area contributed by atoms with E-state index in [1.165, 1.54) is 38.7 Å². The van der Waals surface area contributed by atoms with Crippen molar-refractivity contribution in [2.24, 2.45) is 0 Å². The third-order valence-corrected chi connectivity index (χ3v) is 5.59. The number of hydrogen-bond acceptors (Lipinski definition) is 6. The van der Waals surface area contributed by atoms with Gasteiger partial charge in [0.2, 0.25) is 0 Å². The summed E-state index contributed by atoms with van der Waals surface area (Å²) in [5, 5.41) is 17.1. The normalized spacial score (nSPS) is 16.3. The summed E-state index contributed by atoms with van der Waals surface area (Å²) in [4.78, 5) is 31.8. The molecule has 1 saturated heterocycles. The number of rotatable bonds is 4. The van der Waals surface area contributed by atoms with Gasteiger partial charge < -0.3 is 20.1 Å². The van der Waals surface area contributed by atoms with Gasteiger partial charge in [0.15, 0.2) is 5.65 Å². The first-order chi connectivity index (χ1) is 16.5. The molecule has 1 aliphatic heterocycles. The van der Waals surface area contributed by atoms with E-state index in [2.05, 4.69) is 15.4 Å². The number of benzene rings is 1. The van der Waals surface area contributed by atoms with Gasteiger partial charge in [0, 0.05) is 25.2 Å². The predicted octanol–water partition coefficient (Wildman–Crippen LogP) is 5.15. The molecule has 1 unspecified atom stereocenters. The number of nitrogens with one attached hydrogen (secondary N) is 1. The van der Waals surface area contributed by atoms with E-state index < -0.39 is 23.6 Å². The SMILES string of the molecule is CC(C)(C)OC(=O)N(c1cccc(F)c1)c1cc(NC2CCCN(C(=O)O)C2)nc2c(Cl)cnn12. The Labute approximate surface area is 206 Å². The van der Waals surface area contributed by atoms with Gasteiger partial charge in [-0.15, -0.1) is 0 Å². The number of halogens is 2. The Kier molecular flexibility index (Phi) is 6.70. The smallest absolute Gasteiger partial charge is 0.420 e. The molecule has 1 aliphatic rings. The lowest BCUT2D eigenvalue weighted by atomic mass is 10.1. The average Bonchev–Trinajstić information content (AvgIpc) is 3.14. The number of carbonyl (C=O) groups excluding carboxylic acids is 1. The van der Waals surface area contributed by atoms with Crippen LogP contribution in [0.15, 0.2) is 36.5 Å². The van der Waals surface area contributed by atoms with Crippen LogP contribution in [0, 0.1) is 5.82 Å². The van der Waals surface area contributed by atoms with E-state index in [1.54, 1.807) is 32.9 Å². The van der Waals surface area contributed by atoms with Crippen molar-refractivity contribution in [2.45, 2.75) is 45.3 Å². The fourth-order valence-electron chi connectivity index (χ4n) is 3.89. The van der Waals surface area contributed by atoms with Crippen molar-refractivity contribution in [3.8, 4) is 0 Å². The van der Waals surface area contributed by atoms with Gasteiger partial charge in [-0.1, -0.05) is 17.7 Å². The fourth-order valence-corrected chi connectivity index (χ4v) is 4.05. The largest absolute Gasteiger partial charge is 0.465 e. The summed E-state index contributed by atoms with van der Waals surface area (Å²) in [7, 11) is 0. The molecule has 1 fully saturated rings. The van der Waals surface area contributed by atoms with Gasteiger partial charge in [0.05, 0.1) is 11.9 Å². The molecule has 4 rings (SSSR count). The van der Waals surface area contributed by atoms with E-state index in [1.807, 2.05) is 0 Å². The number of aromatic nitrogens is 3. The van der Waals surface area contributed by atoms with E-state index in [9.17, 15) is 19.1 Å². The first-order valence-corrected chi connectivity index (χ1v) is 11.5. The lowest BCUT2D eigenvalue weighted by Gasteiger charge is -2.32. The van der Waals surface area contributed by atoms with Gasteiger partial charge in [0.25, 0.3) is 0 Å². The third-order valence-electron chi connectivity index (χ3n) is 5.33. The third kappa shape index (κ3) is 5.56. The summed E-state index contributed by atoms with van der Waals surface area (Å²) in [6.45, 7) is 5.93. The first kappa shape index (κ1) is 24.5. The minimum absolute atomic E-state index is 0.200. The maximum Gasteiger partial charge on any atom is 0.420 e. The molecule has 3 heterocycles. The summed E-state index contributed by atoms with van der Waals surface area (Å²) >= 11 is 6.33. The summed E-state index contributed by atoms with van der Waals surface area (Å²) in [5.74, 6) is 0.0430. The molecule has 35 heavy (non-hydrogen) atoms. The van der Waals surface area contributed by atoms with Crippen molar-refractivity contribution in [3.63, 3.8) is 0 Å². The molecular weight excluding hydrogens is 479 g/mol. The van der Waals surface area contributed by atoms with Gasteiger partial charge in [0.1, 0.15) is 28.1 Å². The molecule has 0 bridgehead atoms. The number of carboxylic acid groups (broad SMARTS) is 1. The quantitative estimate of drug-likeness (QED) is 0.505. The minimum atomic E-state index is -0.985. The minimum Gasteiger partial charge on any atom is -0.465 e. The first-order valence-electron chi connectivity index (χ1n) is 11.1. The molecule has 12 heteroatoms. The highest BCUT2D eigenvalue weighted by molar-refractivity contribution is 6.33. The number of carbonyl (C=O) groups is 2. The van der Waals surface area contributed by atoms with E-state index in [0.29, 0.717) is 18.8 Å². The lowest BCUT2D eigenvalue weighted by molar-refractivity contribution is 0.0597. The van der Waals surface area contributed by atoms with Crippen molar-refractivity contribution in [1.82, 2.24) is 19.5 Å². The van der Waals surface area contributed by atoms with Gasteiger partial charge in [-0.25, -0.2) is 23.9 Å². The number of nitrogens with zero attached hydrogens (tertiary/aromatic N) is 5. The van der Waals surface area contributed by atoms with Crippen LogP contribution in [-0.2, 0) is 4.74 Å². The maximum atomic E-state index is 14.2. The highest BCUT2D eigenvalue weighted by atomic mass is 35.5. The number of fused-ring (bicyclic) bond motifs is 1. The molecule has 10 nitrogen and oxygen atoms in total. The van der Waals surface area contributed by atoms with Crippen LogP contribution >= 0.6 is 11.6 Å². The van der Waals surface area contributed by atoms with Crippen molar-refractivity contribution in [3.05, 3.63) is 47.4 Å². The number of anilines is 3. The van der Waals surface area contributed by atoms with E-state index in [0.717, 1.165) is 6.42 Å². The molecule has 186 valence electrons. The molecule has 2 aromatic heterocycles. The number of ether oxygens (including phenoxy) is 1. The molecule has 2 amide bonds. The summed E-state index contributed by atoms with van der Waals surface area (Å²) in [5.41, 5.74) is -0.332. The summed E-state index contributed by atoms with van der Waals surface area (Å²) in [6, 6.07) is 6.91. The molecule has 0 aliphatic carbocycles. The van der Waals surface area contributed by atoms with Crippen LogP contribution in [0.3, 0.4) is 0 Å². The Morgan fingerprint density at radius 3 is 2.77 bits per heavy atom. The highest BCUT2D eigenvalue weighted by Crippen LogP contribution is 2.32. The Morgan fingerprint density at radius 2 is 2.09 bits per heavy atom. The number of amides is 2. The van der Waals surface area contributed by atoms with Crippen molar-refractivity contribution < 1.29 is 23.8 Å². The fraction of sp³-hybridized carbons (Fsp3) is 0.391. The zero-order chi connectivity index (χ0) is 25.3. The van der Waals surface area contributed by atoms with Crippen LogP contribution in [0.4, 0.5) is 31.3 Å². The molecule has 1 atom stereocenters. The van der Waals surface area contributed by atoms with Crippen molar-refractivity contribution in [2.75, 3.05) is 23.3 Å². The lowest BCUT2D eigenvalue weighted by Crippen LogP contribution is -2.44. The van der Waals surface area contributed by atoms with Gasteiger partial charge in [-0.2, -0.15) is 9.61 Å². The molecular formula is C23H26ClFN6O4. The second-order valence-corrected chi connectivity index (χ2v) is 9.64. The standard InChI is InChI=1S/C23H26ClFN6O4/c1-23(2,3)35-22(34)30(16-8-4-6-14(25)10-16)19-11-18(28-20-17(24)12-26-31(19)20)27-15-7-5-9-29(13-15)21(32)33/h4,6,8,10-12,15H,5,7,9,13H2,1-3H3,(H,27,28)(H,32,33). The Balaban J connectivity index is 1.80. The van der Waals surface area contributed by atoms with Crippen LogP contribution < -0.4 is 10.2 Å². The van der Waals surface area contributed by atoms with Gasteiger partial charge in [-0.05, 0) is 51.8 Å². The van der Waals surface area contributed by atoms with Crippen molar-refractivity contribution >= 4 is 46.8 Å². The second kappa shape index (κ2) is 9.57. The second-order valence-electron chi connectivity index (χ2n) is 9.24. The Hall–Kier alpha value is -3.60. The number of piperidine rings is 1. The zero-order valence-electron chi connectivity index (χ0n) is 19.5. The molecule has 0 radical (unpaired) electrons. The van der Waals surface area contributed by atoms with Crippen LogP contribution in [0.2, 0.25) is 5.02 Å². The van der Waals surface area contributed by atoms with Crippen LogP contribution in [0.25, 0.3) is 5.65 Å². The van der Waals surface area contributed by atoms with E-state index in [-0.39, 0.29) is 34.8 Å². The Morgan fingerprint density at radius 1 is 1.31 bits per heavy atom. The topological polar surface area (TPSA) is 112 Å². The number of likely N-dealkylation sites (tertiary alicyclic amines) is 1. The average molecular weight is 505 g/mol. The summed E-state index contributed by atoms with van der Waals surface area (Å²) in [6.07, 6.45) is 1.09. The summed E-state index contributed by atoms with van der Waals surface area (Å²) < 4.78 is 21.1. The van der Waals surface area contributed by atoms with E-state index >= 15 is 0 Å². The Bertz CT molecular complexity index is 1260. The van der Waals surface area contributed by atoms with Gasteiger partial charge >= 0.3 is 12.2 Å². The monoisotopic (exact) mass is 504 g/mol. The van der Waals surface area contributed by atoms with Crippen LogP contribution in [-0.4, -0.2) is 61.5 Å². The van der Waals surface area contributed by atoms with Crippen LogP contribution in [0.5, 0.6) is 0 Å².